The fourth-order valence-electron chi connectivity index (χ4n) is 2.42. The maximum Gasteiger partial charge on any atom is 0.0584 e. The minimum absolute atomic E-state index is 0.253. The Morgan fingerprint density at radius 1 is 1.53 bits per heavy atom. The first-order valence-corrected chi connectivity index (χ1v) is 6.22. The van der Waals surface area contributed by atoms with Crippen LogP contribution in [0.3, 0.4) is 0 Å². The summed E-state index contributed by atoms with van der Waals surface area (Å²) in [6.45, 7) is 7.05. The Morgan fingerprint density at radius 3 is 2.80 bits per heavy atom. The van der Waals surface area contributed by atoms with Gasteiger partial charge in [-0.05, 0) is 45.7 Å². The van der Waals surface area contributed by atoms with E-state index in [1.165, 1.54) is 25.9 Å². The van der Waals surface area contributed by atoms with E-state index in [4.69, 9.17) is 5.11 Å². The van der Waals surface area contributed by atoms with Gasteiger partial charge in [-0.2, -0.15) is 0 Å². The molecular formula is C12H26N2O. The van der Waals surface area contributed by atoms with Crippen molar-refractivity contribution >= 4 is 0 Å². The third kappa shape index (κ3) is 4.09. The molecule has 1 aliphatic rings. The van der Waals surface area contributed by atoms with E-state index in [0.717, 1.165) is 12.3 Å². The minimum atomic E-state index is 0.253. The molecule has 3 heteroatoms. The molecule has 1 fully saturated rings. The molecule has 1 heterocycles. The number of aliphatic hydroxyl groups excluding tert-OH is 1. The molecule has 0 aromatic carbocycles. The zero-order valence-corrected chi connectivity index (χ0v) is 10.4. The van der Waals surface area contributed by atoms with E-state index < -0.39 is 0 Å². The molecule has 1 saturated heterocycles. The first-order chi connectivity index (χ1) is 7.17. The Hall–Kier alpha value is -0.120. The molecule has 0 spiro atoms. The summed E-state index contributed by atoms with van der Waals surface area (Å²) in [7, 11) is 2.20. The first kappa shape index (κ1) is 12.9. The van der Waals surface area contributed by atoms with Gasteiger partial charge in [0.1, 0.15) is 0 Å². The van der Waals surface area contributed by atoms with Crippen LogP contribution in [-0.2, 0) is 0 Å². The normalized spacial score (nSPS) is 27.6. The van der Waals surface area contributed by atoms with Crippen molar-refractivity contribution in [3.05, 3.63) is 0 Å². The van der Waals surface area contributed by atoms with Crippen LogP contribution in [0.1, 0.15) is 33.1 Å². The Bertz CT molecular complexity index is 171. The molecule has 3 nitrogen and oxygen atoms in total. The molecule has 1 aliphatic heterocycles. The van der Waals surface area contributed by atoms with Crippen molar-refractivity contribution in [2.45, 2.75) is 45.2 Å². The van der Waals surface area contributed by atoms with Crippen molar-refractivity contribution in [1.29, 1.82) is 0 Å². The summed E-state index contributed by atoms with van der Waals surface area (Å²) in [5.41, 5.74) is 0. The summed E-state index contributed by atoms with van der Waals surface area (Å²) in [4.78, 5) is 2.41. The van der Waals surface area contributed by atoms with Crippen molar-refractivity contribution in [2.75, 3.05) is 26.7 Å². The van der Waals surface area contributed by atoms with E-state index >= 15 is 0 Å². The van der Waals surface area contributed by atoms with E-state index in [-0.39, 0.29) is 12.6 Å². The lowest BCUT2D eigenvalue weighted by Gasteiger charge is -2.35. The van der Waals surface area contributed by atoms with Gasteiger partial charge in [0.2, 0.25) is 0 Å². The lowest BCUT2D eigenvalue weighted by Crippen LogP contribution is -2.47. The molecule has 0 aromatic rings. The van der Waals surface area contributed by atoms with Gasteiger partial charge in [-0.15, -0.1) is 0 Å². The fraction of sp³-hybridized carbons (Fsp3) is 1.00. The predicted octanol–water partition coefficient (Wildman–Crippen LogP) is 1.08. The van der Waals surface area contributed by atoms with Crippen molar-refractivity contribution in [1.82, 2.24) is 10.2 Å². The van der Waals surface area contributed by atoms with E-state index in [1.54, 1.807) is 0 Å². The molecule has 0 radical (unpaired) electrons. The van der Waals surface area contributed by atoms with Gasteiger partial charge in [-0.1, -0.05) is 6.92 Å². The summed E-state index contributed by atoms with van der Waals surface area (Å²) in [6, 6.07) is 0.789. The van der Waals surface area contributed by atoms with Gasteiger partial charge in [-0.25, -0.2) is 0 Å². The van der Waals surface area contributed by atoms with E-state index in [1.807, 2.05) is 0 Å². The van der Waals surface area contributed by atoms with E-state index in [2.05, 4.69) is 31.1 Å². The van der Waals surface area contributed by atoms with Crippen LogP contribution in [-0.4, -0.2) is 48.8 Å². The Balaban J connectivity index is 2.34. The number of likely N-dealkylation sites (tertiary alicyclic amines) is 1. The van der Waals surface area contributed by atoms with Crippen LogP contribution in [0, 0.1) is 5.92 Å². The molecule has 0 amide bonds. The zero-order chi connectivity index (χ0) is 11.3. The molecular weight excluding hydrogens is 188 g/mol. The lowest BCUT2D eigenvalue weighted by atomic mass is 9.91. The molecule has 90 valence electrons. The number of rotatable bonds is 5. The van der Waals surface area contributed by atoms with E-state index in [9.17, 15) is 0 Å². The number of hydrogen-bond donors (Lipinski definition) is 2. The van der Waals surface area contributed by atoms with Crippen molar-refractivity contribution in [2.24, 2.45) is 5.92 Å². The Morgan fingerprint density at radius 2 is 2.27 bits per heavy atom. The third-order valence-electron chi connectivity index (χ3n) is 3.58. The van der Waals surface area contributed by atoms with Crippen LogP contribution in [0.4, 0.5) is 0 Å². The van der Waals surface area contributed by atoms with Gasteiger partial charge in [-0.3, -0.25) is 0 Å². The smallest absolute Gasteiger partial charge is 0.0584 e. The van der Waals surface area contributed by atoms with Crippen LogP contribution in [0.2, 0.25) is 0 Å². The molecule has 3 atom stereocenters. The Labute approximate surface area is 93.9 Å². The highest BCUT2D eigenvalue weighted by Crippen LogP contribution is 2.18. The van der Waals surface area contributed by atoms with Gasteiger partial charge in [0.25, 0.3) is 0 Å². The standard InChI is InChI=1S/C12H26N2O/c1-4-12(9-15)13-10(2)11-6-5-7-14(3)8-11/h10-13,15H,4-9H2,1-3H3/t10?,11?,12-/m1/s1. The third-order valence-corrected chi connectivity index (χ3v) is 3.58. The molecule has 2 N–H and O–H groups in total. The van der Waals surface area contributed by atoms with E-state index in [0.29, 0.717) is 6.04 Å². The summed E-state index contributed by atoms with van der Waals surface area (Å²) < 4.78 is 0. The SMILES string of the molecule is CC[C@H](CO)NC(C)C1CCCN(C)C1. The van der Waals surface area contributed by atoms with Gasteiger partial charge in [0.15, 0.2) is 0 Å². The van der Waals surface area contributed by atoms with Gasteiger partial charge in [0, 0.05) is 18.6 Å². The molecule has 0 aromatic heterocycles. The monoisotopic (exact) mass is 214 g/mol. The van der Waals surface area contributed by atoms with Crippen LogP contribution in [0.5, 0.6) is 0 Å². The molecule has 1 rings (SSSR count). The highest BCUT2D eigenvalue weighted by Gasteiger charge is 2.23. The number of nitrogens with one attached hydrogen (secondary N) is 1. The van der Waals surface area contributed by atoms with Crippen molar-refractivity contribution in [3.8, 4) is 0 Å². The van der Waals surface area contributed by atoms with Crippen LogP contribution in [0.15, 0.2) is 0 Å². The summed E-state index contributed by atoms with van der Waals surface area (Å²) >= 11 is 0. The summed E-state index contributed by atoms with van der Waals surface area (Å²) in [5, 5.41) is 12.7. The Kier molecular flexibility index (Phi) is 5.58. The first-order valence-electron chi connectivity index (χ1n) is 6.22. The summed E-state index contributed by atoms with van der Waals surface area (Å²) in [6.07, 6.45) is 3.63. The second-order valence-corrected chi connectivity index (χ2v) is 4.91. The van der Waals surface area contributed by atoms with Crippen molar-refractivity contribution < 1.29 is 5.11 Å². The molecule has 15 heavy (non-hydrogen) atoms. The number of nitrogens with zero attached hydrogens (tertiary/aromatic N) is 1. The van der Waals surface area contributed by atoms with Crippen LogP contribution >= 0.6 is 0 Å². The second kappa shape index (κ2) is 6.46. The average Bonchev–Trinajstić information content (AvgIpc) is 2.25. The number of piperidine rings is 1. The number of hydrogen-bond acceptors (Lipinski definition) is 3. The van der Waals surface area contributed by atoms with Crippen LogP contribution < -0.4 is 5.32 Å². The van der Waals surface area contributed by atoms with Crippen LogP contribution in [0.25, 0.3) is 0 Å². The molecule has 0 bridgehead atoms. The molecule has 0 aliphatic carbocycles. The highest BCUT2D eigenvalue weighted by molar-refractivity contribution is 4.81. The maximum absolute atomic E-state index is 9.15. The maximum atomic E-state index is 9.15. The minimum Gasteiger partial charge on any atom is -0.395 e. The average molecular weight is 214 g/mol. The summed E-state index contributed by atoms with van der Waals surface area (Å²) in [5.74, 6) is 0.740. The molecule has 0 saturated carbocycles. The molecule has 2 unspecified atom stereocenters. The van der Waals surface area contributed by atoms with Gasteiger partial charge < -0.3 is 15.3 Å². The lowest BCUT2D eigenvalue weighted by molar-refractivity contribution is 0.157. The fourth-order valence-corrected chi connectivity index (χ4v) is 2.42. The topological polar surface area (TPSA) is 35.5 Å². The quantitative estimate of drug-likeness (QED) is 0.719. The van der Waals surface area contributed by atoms with Gasteiger partial charge in [0.05, 0.1) is 6.61 Å². The van der Waals surface area contributed by atoms with Crippen molar-refractivity contribution in [3.63, 3.8) is 0 Å². The number of aliphatic hydroxyl groups is 1. The highest BCUT2D eigenvalue weighted by atomic mass is 16.3. The predicted molar refractivity (Wildman–Crippen MR) is 64.0 cm³/mol. The van der Waals surface area contributed by atoms with Gasteiger partial charge >= 0.3 is 0 Å². The second-order valence-electron chi connectivity index (χ2n) is 4.91. The zero-order valence-electron chi connectivity index (χ0n) is 10.4. The largest absolute Gasteiger partial charge is 0.395 e.